The lowest BCUT2D eigenvalue weighted by Crippen LogP contribution is -2.51. The maximum absolute atomic E-state index is 12.9. The Kier molecular flexibility index (Phi) is 6.33. The third-order valence-corrected chi connectivity index (χ3v) is 5.94. The second kappa shape index (κ2) is 9.30. The number of nitrogens with one attached hydrogen (secondary N) is 1. The molecule has 6 heteroatoms. The van der Waals surface area contributed by atoms with Crippen molar-refractivity contribution in [2.45, 2.75) is 32.4 Å². The molecule has 0 bridgehead atoms. The van der Waals surface area contributed by atoms with Gasteiger partial charge in [0.15, 0.2) is 0 Å². The molecule has 1 atom stereocenters. The van der Waals surface area contributed by atoms with Crippen LogP contribution < -0.4 is 10.2 Å². The van der Waals surface area contributed by atoms with Crippen molar-refractivity contribution in [3.63, 3.8) is 0 Å². The van der Waals surface area contributed by atoms with E-state index in [2.05, 4.69) is 34.5 Å². The van der Waals surface area contributed by atoms with E-state index >= 15 is 0 Å². The topological polar surface area (TPSA) is 55.9 Å². The second-order valence-corrected chi connectivity index (χ2v) is 8.15. The van der Waals surface area contributed by atoms with Gasteiger partial charge in [-0.2, -0.15) is 0 Å². The van der Waals surface area contributed by atoms with Gasteiger partial charge >= 0.3 is 0 Å². The van der Waals surface area contributed by atoms with Crippen LogP contribution in [0.4, 0.5) is 11.4 Å². The predicted molar refractivity (Wildman–Crippen MR) is 119 cm³/mol. The van der Waals surface area contributed by atoms with Crippen molar-refractivity contribution < 1.29 is 9.59 Å². The van der Waals surface area contributed by atoms with Gasteiger partial charge in [-0.25, -0.2) is 0 Å². The number of carbonyl (C=O) groups excluding carboxylic acids is 2. The first-order valence-corrected chi connectivity index (χ1v) is 10.8. The van der Waals surface area contributed by atoms with E-state index in [-0.39, 0.29) is 17.9 Å². The molecule has 6 nitrogen and oxygen atoms in total. The molecular weight excluding hydrogens is 376 g/mol. The van der Waals surface area contributed by atoms with Crippen molar-refractivity contribution in [3.8, 4) is 0 Å². The quantitative estimate of drug-likeness (QED) is 0.801. The maximum Gasteiger partial charge on any atom is 0.244 e. The van der Waals surface area contributed by atoms with Crippen LogP contribution in [0.5, 0.6) is 0 Å². The van der Waals surface area contributed by atoms with Crippen LogP contribution in [0, 0.1) is 0 Å². The molecule has 2 aromatic carbocycles. The molecule has 2 saturated heterocycles. The smallest absolute Gasteiger partial charge is 0.244 e. The van der Waals surface area contributed by atoms with Gasteiger partial charge in [-0.3, -0.25) is 14.5 Å². The van der Waals surface area contributed by atoms with E-state index in [0.717, 1.165) is 57.1 Å². The SMILES string of the molecule is C[C@@H](Nc1ccc(N2CCCC2=O)cc1)C(=O)N1CCN(Cc2ccccc2)CC1. The summed E-state index contributed by atoms with van der Waals surface area (Å²) in [6.45, 7) is 6.94. The molecule has 0 saturated carbocycles. The Bertz CT molecular complexity index is 861. The first-order chi connectivity index (χ1) is 14.6. The normalized spacial score (nSPS) is 18.5. The molecule has 0 aromatic heterocycles. The van der Waals surface area contributed by atoms with E-state index in [1.165, 1.54) is 5.56 Å². The van der Waals surface area contributed by atoms with Crippen LogP contribution in [-0.4, -0.2) is 60.4 Å². The third-order valence-electron chi connectivity index (χ3n) is 5.94. The van der Waals surface area contributed by atoms with E-state index in [4.69, 9.17) is 0 Å². The van der Waals surface area contributed by atoms with E-state index in [9.17, 15) is 9.59 Å². The summed E-state index contributed by atoms with van der Waals surface area (Å²) >= 11 is 0. The molecule has 0 aliphatic carbocycles. The number of piperazine rings is 1. The lowest BCUT2D eigenvalue weighted by molar-refractivity contribution is -0.133. The number of anilines is 2. The lowest BCUT2D eigenvalue weighted by atomic mass is 10.2. The van der Waals surface area contributed by atoms with Crippen LogP contribution in [0.25, 0.3) is 0 Å². The van der Waals surface area contributed by atoms with Gasteiger partial charge in [0, 0.05) is 57.1 Å². The van der Waals surface area contributed by atoms with Gasteiger partial charge < -0.3 is 15.1 Å². The molecule has 0 spiro atoms. The summed E-state index contributed by atoms with van der Waals surface area (Å²) in [5.74, 6) is 0.318. The molecule has 2 aromatic rings. The van der Waals surface area contributed by atoms with Crippen LogP contribution in [0.2, 0.25) is 0 Å². The molecular formula is C24H30N4O2. The minimum atomic E-state index is -0.287. The first kappa shape index (κ1) is 20.4. The van der Waals surface area contributed by atoms with Gasteiger partial charge in [0.1, 0.15) is 6.04 Å². The van der Waals surface area contributed by atoms with Crippen molar-refractivity contribution in [2.75, 3.05) is 42.9 Å². The Labute approximate surface area is 178 Å². The highest BCUT2D eigenvalue weighted by molar-refractivity contribution is 5.95. The molecule has 1 N–H and O–H groups in total. The molecule has 2 fully saturated rings. The zero-order valence-corrected chi connectivity index (χ0v) is 17.6. The molecule has 2 aliphatic heterocycles. The van der Waals surface area contributed by atoms with Crippen LogP contribution in [0.15, 0.2) is 54.6 Å². The Morgan fingerprint density at radius 3 is 2.30 bits per heavy atom. The average Bonchev–Trinajstić information content (AvgIpc) is 3.21. The number of benzene rings is 2. The van der Waals surface area contributed by atoms with Gasteiger partial charge in [-0.1, -0.05) is 30.3 Å². The summed E-state index contributed by atoms with van der Waals surface area (Å²) in [6, 6.07) is 18.0. The van der Waals surface area contributed by atoms with E-state index in [0.29, 0.717) is 6.42 Å². The van der Waals surface area contributed by atoms with Gasteiger partial charge in [0.2, 0.25) is 11.8 Å². The minimum Gasteiger partial charge on any atom is -0.374 e. The number of hydrogen-bond acceptors (Lipinski definition) is 4. The van der Waals surface area contributed by atoms with Gasteiger partial charge in [0.25, 0.3) is 0 Å². The molecule has 0 unspecified atom stereocenters. The Hall–Kier alpha value is -2.86. The van der Waals surface area contributed by atoms with Gasteiger partial charge in [-0.15, -0.1) is 0 Å². The summed E-state index contributed by atoms with van der Waals surface area (Å²) in [4.78, 5) is 30.9. The lowest BCUT2D eigenvalue weighted by Gasteiger charge is -2.36. The Morgan fingerprint density at radius 2 is 1.67 bits per heavy atom. The largest absolute Gasteiger partial charge is 0.374 e. The fourth-order valence-corrected chi connectivity index (χ4v) is 4.21. The number of nitrogens with zero attached hydrogens (tertiary/aromatic N) is 3. The number of rotatable bonds is 6. The van der Waals surface area contributed by atoms with Crippen LogP contribution in [0.1, 0.15) is 25.3 Å². The summed E-state index contributed by atoms with van der Waals surface area (Å²) in [5, 5.41) is 3.31. The first-order valence-electron chi connectivity index (χ1n) is 10.8. The zero-order chi connectivity index (χ0) is 20.9. The zero-order valence-electron chi connectivity index (χ0n) is 17.6. The summed E-state index contributed by atoms with van der Waals surface area (Å²) < 4.78 is 0. The molecule has 158 valence electrons. The summed E-state index contributed by atoms with van der Waals surface area (Å²) in [6.07, 6.45) is 1.55. The molecule has 2 amide bonds. The van der Waals surface area contributed by atoms with Crippen molar-refractivity contribution in [1.29, 1.82) is 0 Å². The third kappa shape index (κ3) is 4.82. The van der Waals surface area contributed by atoms with Crippen molar-refractivity contribution in [3.05, 3.63) is 60.2 Å². The molecule has 4 rings (SSSR count). The molecule has 2 heterocycles. The van der Waals surface area contributed by atoms with E-state index in [1.54, 1.807) is 0 Å². The highest BCUT2D eigenvalue weighted by Crippen LogP contribution is 2.23. The molecule has 30 heavy (non-hydrogen) atoms. The van der Waals surface area contributed by atoms with E-state index < -0.39 is 0 Å². The van der Waals surface area contributed by atoms with Crippen molar-refractivity contribution in [1.82, 2.24) is 9.80 Å². The number of hydrogen-bond donors (Lipinski definition) is 1. The number of carbonyl (C=O) groups is 2. The molecule has 0 radical (unpaired) electrons. The minimum absolute atomic E-state index is 0.133. The predicted octanol–water partition coefficient (Wildman–Crippen LogP) is 2.96. The fraction of sp³-hybridized carbons (Fsp3) is 0.417. The van der Waals surface area contributed by atoms with Crippen LogP contribution in [0.3, 0.4) is 0 Å². The molecule has 2 aliphatic rings. The fourth-order valence-electron chi connectivity index (χ4n) is 4.21. The van der Waals surface area contributed by atoms with Gasteiger partial charge in [-0.05, 0) is 43.2 Å². The highest BCUT2D eigenvalue weighted by Gasteiger charge is 2.25. The van der Waals surface area contributed by atoms with Crippen molar-refractivity contribution in [2.24, 2.45) is 0 Å². The maximum atomic E-state index is 12.9. The van der Waals surface area contributed by atoms with Crippen LogP contribution >= 0.6 is 0 Å². The number of amides is 2. The van der Waals surface area contributed by atoms with Gasteiger partial charge in [0.05, 0.1) is 0 Å². The Morgan fingerprint density at radius 1 is 0.967 bits per heavy atom. The van der Waals surface area contributed by atoms with E-state index in [1.807, 2.05) is 47.1 Å². The average molecular weight is 407 g/mol. The summed E-state index contributed by atoms with van der Waals surface area (Å²) in [7, 11) is 0. The van der Waals surface area contributed by atoms with Crippen molar-refractivity contribution >= 4 is 23.2 Å². The second-order valence-electron chi connectivity index (χ2n) is 8.15. The monoisotopic (exact) mass is 406 g/mol. The Balaban J connectivity index is 1.26. The standard InChI is InChI=1S/C24H30N4O2/c1-19(25-21-9-11-22(12-10-21)28-13-5-8-23(28)29)24(30)27-16-14-26(15-17-27)18-20-6-3-2-4-7-20/h2-4,6-7,9-12,19,25H,5,8,13-18H2,1H3/t19-/m1/s1. The highest BCUT2D eigenvalue weighted by atomic mass is 16.2. The summed E-state index contributed by atoms with van der Waals surface area (Å²) in [5.41, 5.74) is 3.14. The van der Waals surface area contributed by atoms with Crippen LogP contribution in [-0.2, 0) is 16.1 Å².